The zero-order valence-electron chi connectivity index (χ0n) is 10.9. The van der Waals surface area contributed by atoms with Crippen molar-refractivity contribution in [3.05, 3.63) is 63.9 Å². The summed E-state index contributed by atoms with van der Waals surface area (Å²) in [5.74, 6) is 0.0978. The molecule has 0 aromatic heterocycles. The number of nitrogens with one attached hydrogen (secondary N) is 1. The molecule has 0 aliphatic rings. The molecular weight excluding hydrogens is 332 g/mol. The van der Waals surface area contributed by atoms with Gasteiger partial charge in [0.1, 0.15) is 5.82 Å². The van der Waals surface area contributed by atoms with E-state index >= 15 is 0 Å². The van der Waals surface area contributed by atoms with Crippen LogP contribution in [0.4, 0.5) is 10.1 Å². The number of hydrogen-bond acceptors (Lipinski definition) is 2. The Kier molecular flexibility index (Phi) is 5.91. The van der Waals surface area contributed by atoms with Crippen molar-refractivity contribution in [2.24, 2.45) is 0 Å². The summed E-state index contributed by atoms with van der Waals surface area (Å²) in [6.45, 7) is 0. The largest absolute Gasteiger partial charge is 0.323 e. The summed E-state index contributed by atoms with van der Waals surface area (Å²) >= 11 is 13.1. The molecule has 6 heteroatoms. The SMILES string of the molecule is O=C(CSCc1cccc(Cl)c1)Nc1cc(Cl)ccc1F. The predicted molar refractivity (Wildman–Crippen MR) is 87.7 cm³/mol. The van der Waals surface area contributed by atoms with Gasteiger partial charge in [-0.25, -0.2) is 4.39 Å². The second-order valence-corrected chi connectivity index (χ2v) is 6.15. The van der Waals surface area contributed by atoms with E-state index in [4.69, 9.17) is 23.2 Å². The number of thioether (sulfide) groups is 1. The fourth-order valence-corrected chi connectivity index (χ4v) is 2.83. The topological polar surface area (TPSA) is 29.1 Å². The molecule has 0 fully saturated rings. The van der Waals surface area contributed by atoms with Gasteiger partial charge in [-0.15, -0.1) is 11.8 Å². The number of rotatable bonds is 5. The minimum atomic E-state index is -0.507. The number of benzene rings is 2. The third-order valence-corrected chi connectivity index (χ3v) is 4.07. The van der Waals surface area contributed by atoms with Gasteiger partial charge in [0, 0.05) is 15.8 Å². The lowest BCUT2D eigenvalue weighted by Gasteiger charge is -2.07. The molecule has 0 radical (unpaired) electrons. The molecule has 0 spiro atoms. The van der Waals surface area contributed by atoms with Crippen LogP contribution in [0.15, 0.2) is 42.5 Å². The summed E-state index contributed by atoms with van der Waals surface area (Å²) in [5.41, 5.74) is 1.13. The third kappa shape index (κ3) is 5.23. The molecule has 21 heavy (non-hydrogen) atoms. The number of hydrogen-bond donors (Lipinski definition) is 1. The van der Waals surface area contributed by atoms with Crippen molar-refractivity contribution in [2.45, 2.75) is 5.75 Å². The van der Waals surface area contributed by atoms with Crippen LogP contribution in [0.3, 0.4) is 0 Å². The van der Waals surface area contributed by atoms with Gasteiger partial charge in [0.25, 0.3) is 0 Å². The molecule has 2 aromatic carbocycles. The van der Waals surface area contributed by atoms with Gasteiger partial charge < -0.3 is 5.32 Å². The van der Waals surface area contributed by atoms with Crippen LogP contribution in [-0.2, 0) is 10.5 Å². The second kappa shape index (κ2) is 7.69. The van der Waals surface area contributed by atoms with E-state index in [0.29, 0.717) is 15.8 Å². The van der Waals surface area contributed by atoms with Crippen LogP contribution in [0.25, 0.3) is 0 Å². The van der Waals surface area contributed by atoms with Crippen molar-refractivity contribution in [1.29, 1.82) is 0 Å². The Hall–Kier alpha value is -1.23. The molecule has 0 aliphatic carbocycles. The van der Waals surface area contributed by atoms with Gasteiger partial charge in [0.2, 0.25) is 5.91 Å². The van der Waals surface area contributed by atoms with Crippen LogP contribution in [-0.4, -0.2) is 11.7 Å². The van der Waals surface area contributed by atoms with E-state index in [0.717, 1.165) is 5.56 Å². The van der Waals surface area contributed by atoms with Crippen molar-refractivity contribution in [2.75, 3.05) is 11.1 Å². The molecule has 2 nitrogen and oxygen atoms in total. The highest BCUT2D eigenvalue weighted by Gasteiger charge is 2.08. The molecule has 0 unspecified atom stereocenters. The molecule has 2 rings (SSSR count). The Morgan fingerprint density at radius 3 is 2.67 bits per heavy atom. The second-order valence-electron chi connectivity index (χ2n) is 4.30. The standard InChI is InChI=1S/C15H12Cl2FNOS/c16-11-3-1-2-10(6-11)8-21-9-15(20)19-14-7-12(17)4-5-13(14)18/h1-7H,8-9H2,(H,19,20). The van der Waals surface area contributed by atoms with Crippen molar-refractivity contribution >= 4 is 46.6 Å². The minimum Gasteiger partial charge on any atom is -0.323 e. The molecule has 1 amide bonds. The van der Waals surface area contributed by atoms with Crippen LogP contribution in [0.1, 0.15) is 5.56 Å². The minimum absolute atomic E-state index is 0.0934. The Balaban J connectivity index is 1.84. The molecule has 0 saturated heterocycles. The van der Waals surface area contributed by atoms with Crippen molar-refractivity contribution < 1.29 is 9.18 Å². The van der Waals surface area contributed by atoms with Crippen LogP contribution in [0.5, 0.6) is 0 Å². The highest BCUT2D eigenvalue weighted by Crippen LogP contribution is 2.20. The van der Waals surface area contributed by atoms with E-state index in [9.17, 15) is 9.18 Å². The zero-order chi connectivity index (χ0) is 15.2. The predicted octanol–water partition coefficient (Wildman–Crippen LogP) is 5.00. The lowest BCUT2D eigenvalue weighted by atomic mass is 10.2. The first-order valence-corrected chi connectivity index (χ1v) is 8.03. The highest BCUT2D eigenvalue weighted by molar-refractivity contribution is 7.99. The van der Waals surface area contributed by atoms with E-state index in [1.807, 2.05) is 18.2 Å². The molecule has 0 bridgehead atoms. The summed E-state index contributed by atoms with van der Waals surface area (Å²) in [5, 5.41) is 3.54. The molecule has 2 aromatic rings. The Morgan fingerprint density at radius 1 is 1.14 bits per heavy atom. The fraction of sp³-hybridized carbons (Fsp3) is 0.133. The lowest BCUT2D eigenvalue weighted by molar-refractivity contribution is -0.113. The summed E-state index contributed by atoms with van der Waals surface area (Å²) in [6.07, 6.45) is 0. The first kappa shape index (κ1) is 16.1. The fourth-order valence-electron chi connectivity index (χ4n) is 1.67. The van der Waals surface area contributed by atoms with E-state index in [1.165, 1.54) is 30.0 Å². The normalized spacial score (nSPS) is 10.4. The summed E-state index contributed by atoms with van der Waals surface area (Å²) in [4.78, 5) is 11.8. The maximum atomic E-state index is 13.5. The van der Waals surface area contributed by atoms with Crippen LogP contribution >= 0.6 is 35.0 Å². The number of anilines is 1. The third-order valence-electron chi connectivity index (χ3n) is 2.59. The Bertz CT molecular complexity index is 651. The maximum absolute atomic E-state index is 13.5. The molecule has 0 atom stereocenters. The Morgan fingerprint density at radius 2 is 1.90 bits per heavy atom. The number of carbonyl (C=O) groups is 1. The van der Waals surface area contributed by atoms with E-state index in [-0.39, 0.29) is 17.3 Å². The summed E-state index contributed by atoms with van der Waals surface area (Å²) in [7, 11) is 0. The number of amides is 1. The molecule has 0 saturated carbocycles. The number of halogens is 3. The molecule has 0 aliphatic heterocycles. The molecular formula is C15H12Cl2FNOS. The van der Waals surface area contributed by atoms with Gasteiger partial charge in [-0.3, -0.25) is 4.79 Å². The highest BCUT2D eigenvalue weighted by atomic mass is 35.5. The van der Waals surface area contributed by atoms with E-state index in [2.05, 4.69) is 5.32 Å². The van der Waals surface area contributed by atoms with E-state index < -0.39 is 5.82 Å². The Labute approximate surface area is 136 Å². The quantitative estimate of drug-likeness (QED) is 0.827. The summed E-state index contributed by atoms with van der Waals surface area (Å²) in [6, 6.07) is 11.5. The zero-order valence-corrected chi connectivity index (χ0v) is 13.2. The van der Waals surface area contributed by atoms with Crippen molar-refractivity contribution in [1.82, 2.24) is 0 Å². The van der Waals surface area contributed by atoms with Crippen LogP contribution in [0.2, 0.25) is 10.0 Å². The monoisotopic (exact) mass is 343 g/mol. The van der Waals surface area contributed by atoms with Crippen molar-refractivity contribution in [3.8, 4) is 0 Å². The van der Waals surface area contributed by atoms with Gasteiger partial charge in [-0.2, -0.15) is 0 Å². The van der Waals surface area contributed by atoms with Crippen LogP contribution in [0, 0.1) is 5.82 Å². The first-order valence-electron chi connectivity index (χ1n) is 6.11. The summed E-state index contributed by atoms with van der Waals surface area (Å²) < 4.78 is 13.5. The molecule has 0 heterocycles. The average Bonchev–Trinajstić information content (AvgIpc) is 2.43. The van der Waals surface area contributed by atoms with Gasteiger partial charge in [0.15, 0.2) is 0 Å². The van der Waals surface area contributed by atoms with Crippen molar-refractivity contribution in [3.63, 3.8) is 0 Å². The molecule has 110 valence electrons. The van der Waals surface area contributed by atoms with Gasteiger partial charge in [0.05, 0.1) is 11.4 Å². The lowest BCUT2D eigenvalue weighted by Crippen LogP contribution is -2.15. The van der Waals surface area contributed by atoms with Gasteiger partial charge in [-0.1, -0.05) is 35.3 Å². The van der Waals surface area contributed by atoms with Gasteiger partial charge in [-0.05, 0) is 35.9 Å². The van der Waals surface area contributed by atoms with Gasteiger partial charge >= 0.3 is 0 Å². The molecule has 1 N–H and O–H groups in total. The first-order chi connectivity index (χ1) is 10.0. The smallest absolute Gasteiger partial charge is 0.234 e. The maximum Gasteiger partial charge on any atom is 0.234 e. The average molecular weight is 344 g/mol. The van der Waals surface area contributed by atoms with Crippen LogP contribution < -0.4 is 5.32 Å². The number of carbonyl (C=O) groups excluding carboxylic acids is 1. The van der Waals surface area contributed by atoms with E-state index in [1.54, 1.807) is 6.07 Å².